The topological polar surface area (TPSA) is 61.4 Å². The Hall–Kier alpha value is -4.86. The zero-order valence-electron chi connectivity index (χ0n) is 24.5. The lowest BCUT2D eigenvalue weighted by Crippen LogP contribution is -2.20. The molecule has 0 fully saturated rings. The second kappa shape index (κ2) is 12.5. The first-order valence-electron chi connectivity index (χ1n) is 14.1. The van der Waals surface area contributed by atoms with Gasteiger partial charge >= 0.3 is 6.18 Å². The average Bonchev–Trinajstić information content (AvgIpc) is 3.32. The van der Waals surface area contributed by atoms with Gasteiger partial charge in [-0.05, 0) is 80.6 Å². The lowest BCUT2D eigenvalue weighted by molar-refractivity contribution is -0.137. The van der Waals surface area contributed by atoms with E-state index in [4.69, 9.17) is 27.9 Å². The van der Waals surface area contributed by atoms with Gasteiger partial charge in [0.05, 0.1) is 22.7 Å². The lowest BCUT2D eigenvalue weighted by Gasteiger charge is -2.12. The SMILES string of the molecule is Cc1cc(C=Nn2c(-c3cccc(C(F)(F)F)c3)nc3ccccc3c2=O)c(C)n1-c1ccc(OCc2ccc(Cl)cc2Cl)cc1. The van der Waals surface area contributed by atoms with Gasteiger partial charge in [0.1, 0.15) is 12.4 Å². The highest BCUT2D eigenvalue weighted by atomic mass is 35.5. The molecule has 0 N–H and O–H groups in total. The Bertz CT molecular complexity index is 2170. The van der Waals surface area contributed by atoms with E-state index in [0.29, 0.717) is 32.3 Å². The zero-order chi connectivity index (χ0) is 32.6. The van der Waals surface area contributed by atoms with Crippen molar-refractivity contribution >= 4 is 40.3 Å². The number of fused-ring (bicyclic) bond motifs is 1. The predicted octanol–water partition coefficient (Wildman–Crippen LogP) is 9.26. The van der Waals surface area contributed by atoms with Gasteiger partial charge in [-0.15, -0.1) is 0 Å². The molecule has 0 aliphatic rings. The Morgan fingerprint density at radius 3 is 2.41 bits per heavy atom. The number of para-hydroxylation sites is 1. The van der Waals surface area contributed by atoms with E-state index >= 15 is 0 Å². The molecule has 6 nitrogen and oxygen atoms in total. The van der Waals surface area contributed by atoms with Gasteiger partial charge in [0.2, 0.25) is 0 Å². The molecule has 0 amide bonds. The zero-order valence-corrected chi connectivity index (χ0v) is 26.0. The molecule has 0 aliphatic carbocycles. The summed E-state index contributed by atoms with van der Waals surface area (Å²) in [5.41, 5.74) is 3.26. The van der Waals surface area contributed by atoms with Crippen LogP contribution in [0.2, 0.25) is 10.0 Å². The highest BCUT2D eigenvalue weighted by Gasteiger charge is 2.31. The lowest BCUT2D eigenvalue weighted by atomic mass is 10.1. The van der Waals surface area contributed by atoms with Crippen molar-refractivity contribution in [2.45, 2.75) is 26.6 Å². The first kappa shape index (κ1) is 31.1. The first-order valence-corrected chi connectivity index (χ1v) is 14.8. The van der Waals surface area contributed by atoms with Crippen molar-refractivity contribution in [1.29, 1.82) is 0 Å². The minimum Gasteiger partial charge on any atom is -0.489 e. The third kappa shape index (κ3) is 6.29. The van der Waals surface area contributed by atoms with Crippen LogP contribution in [0.3, 0.4) is 0 Å². The summed E-state index contributed by atoms with van der Waals surface area (Å²) in [6, 6.07) is 26.0. The van der Waals surface area contributed by atoms with Crippen LogP contribution in [0.4, 0.5) is 13.2 Å². The Kier molecular flexibility index (Phi) is 8.46. The maximum Gasteiger partial charge on any atom is 0.416 e. The molecular weight excluding hydrogens is 636 g/mol. The van der Waals surface area contributed by atoms with Crippen molar-refractivity contribution in [3.05, 3.63) is 146 Å². The third-order valence-corrected chi connectivity index (χ3v) is 8.08. The summed E-state index contributed by atoms with van der Waals surface area (Å²) in [6.45, 7) is 4.13. The Morgan fingerprint density at radius 1 is 0.913 bits per heavy atom. The number of benzene rings is 4. The normalized spacial score (nSPS) is 11.9. The molecule has 4 aromatic carbocycles. The Morgan fingerprint density at radius 2 is 1.67 bits per heavy atom. The van der Waals surface area contributed by atoms with Crippen LogP contribution in [0.5, 0.6) is 5.75 Å². The molecule has 11 heteroatoms. The fourth-order valence-corrected chi connectivity index (χ4v) is 5.64. The maximum absolute atomic E-state index is 13.6. The second-order valence-electron chi connectivity index (χ2n) is 10.6. The summed E-state index contributed by atoms with van der Waals surface area (Å²) in [4.78, 5) is 18.1. The number of aryl methyl sites for hydroxylation is 1. The maximum atomic E-state index is 13.6. The van der Waals surface area contributed by atoms with Crippen molar-refractivity contribution in [2.75, 3.05) is 0 Å². The van der Waals surface area contributed by atoms with Crippen LogP contribution >= 0.6 is 23.2 Å². The molecule has 0 saturated heterocycles. The molecule has 6 aromatic rings. The number of nitrogens with zero attached hydrogens (tertiary/aromatic N) is 4. The van der Waals surface area contributed by atoms with Crippen LogP contribution in [0.25, 0.3) is 28.0 Å². The summed E-state index contributed by atoms with van der Waals surface area (Å²) in [5, 5.41) is 5.84. The molecule has 2 aromatic heterocycles. The third-order valence-electron chi connectivity index (χ3n) is 7.49. The van der Waals surface area contributed by atoms with E-state index in [-0.39, 0.29) is 18.0 Å². The Labute approximate surface area is 271 Å². The van der Waals surface area contributed by atoms with Crippen LogP contribution in [0, 0.1) is 13.8 Å². The van der Waals surface area contributed by atoms with Crippen molar-refractivity contribution in [1.82, 2.24) is 14.2 Å². The fraction of sp³-hybridized carbons (Fsp3) is 0.114. The molecule has 0 unspecified atom stereocenters. The second-order valence-corrected chi connectivity index (χ2v) is 11.4. The molecule has 0 spiro atoms. The molecule has 232 valence electrons. The minimum absolute atomic E-state index is 0.00432. The monoisotopic (exact) mass is 660 g/mol. The molecule has 0 aliphatic heterocycles. The van der Waals surface area contributed by atoms with Crippen LogP contribution in [-0.2, 0) is 12.8 Å². The number of hydrogen-bond acceptors (Lipinski definition) is 4. The minimum atomic E-state index is -4.56. The van der Waals surface area contributed by atoms with Crippen molar-refractivity contribution < 1.29 is 17.9 Å². The van der Waals surface area contributed by atoms with Crippen LogP contribution in [-0.4, -0.2) is 20.4 Å². The highest BCUT2D eigenvalue weighted by molar-refractivity contribution is 6.35. The quantitative estimate of drug-likeness (QED) is 0.160. The summed E-state index contributed by atoms with van der Waals surface area (Å²) in [7, 11) is 0. The number of rotatable bonds is 7. The average molecular weight is 662 g/mol. The molecule has 0 saturated carbocycles. The predicted molar refractivity (Wildman–Crippen MR) is 175 cm³/mol. The van der Waals surface area contributed by atoms with E-state index < -0.39 is 17.3 Å². The smallest absolute Gasteiger partial charge is 0.416 e. The van der Waals surface area contributed by atoms with E-state index in [1.165, 1.54) is 18.3 Å². The number of hydrogen-bond donors (Lipinski definition) is 0. The molecule has 2 heterocycles. The van der Waals surface area contributed by atoms with Gasteiger partial charge < -0.3 is 9.30 Å². The summed E-state index contributed by atoms with van der Waals surface area (Å²) >= 11 is 12.2. The van der Waals surface area contributed by atoms with Crippen molar-refractivity contribution in [3.8, 4) is 22.8 Å². The standard InChI is InChI=1S/C35H25Cl2F3N4O2/c1-21-16-25(22(2)43(21)28-12-14-29(15-13-28)46-20-24-10-11-27(36)18-31(24)37)19-41-44-33(23-6-5-7-26(17-23)35(38,39)40)42-32-9-4-3-8-30(32)34(44)45/h3-19H,20H2,1-2H3. The molecule has 0 radical (unpaired) electrons. The van der Waals surface area contributed by atoms with E-state index in [1.807, 2.05) is 54.8 Å². The fourth-order valence-electron chi connectivity index (χ4n) is 5.18. The van der Waals surface area contributed by atoms with Crippen LogP contribution in [0.15, 0.2) is 107 Å². The molecule has 0 atom stereocenters. The first-order chi connectivity index (χ1) is 22.0. The molecule has 0 bridgehead atoms. The van der Waals surface area contributed by atoms with Gasteiger partial charge in [-0.1, -0.05) is 53.5 Å². The molecule has 6 rings (SSSR count). The van der Waals surface area contributed by atoms with E-state index in [0.717, 1.165) is 39.4 Å². The van der Waals surface area contributed by atoms with Gasteiger partial charge in [-0.2, -0.15) is 22.9 Å². The Balaban J connectivity index is 1.32. The van der Waals surface area contributed by atoms with Crippen molar-refractivity contribution in [2.24, 2.45) is 5.10 Å². The van der Waals surface area contributed by atoms with Gasteiger partial charge in [0.15, 0.2) is 5.82 Å². The van der Waals surface area contributed by atoms with Gasteiger partial charge in [-0.25, -0.2) is 4.98 Å². The number of alkyl halides is 3. The van der Waals surface area contributed by atoms with Gasteiger partial charge in [0, 0.05) is 43.8 Å². The van der Waals surface area contributed by atoms with E-state index in [9.17, 15) is 18.0 Å². The number of ether oxygens (including phenoxy) is 1. The van der Waals surface area contributed by atoms with Crippen LogP contribution in [0.1, 0.15) is 28.1 Å². The van der Waals surface area contributed by atoms with E-state index in [1.54, 1.807) is 36.4 Å². The van der Waals surface area contributed by atoms with Crippen LogP contribution < -0.4 is 10.3 Å². The highest BCUT2D eigenvalue weighted by Crippen LogP contribution is 2.32. The number of halogens is 5. The molecular formula is C35H25Cl2F3N4O2. The summed E-state index contributed by atoms with van der Waals surface area (Å²) in [6.07, 6.45) is -3.05. The van der Waals surface area contributed by atoms with Gasteiger partial charge in [0.25, 0.3) is 5.56 Å². The number of aromatic nitrogens is 3. The molecule has 46 heavy (non-hydrogen) atoms. The summed E-state index contributed by atoms with van der Waals surface area (Å²) in [5.74, 6) is 0.652. The summed E-state index contributed by atoms with van der Waals surface area (Å²) < 4.78 is 49.6. The van der Waals surface area contributed by atoms with E-state index in [2.05, 4.69) is 10.1 Å². The van der Waals surface area contributed by atoms with Crippen molar-refractivity contribution in [3.63, 3.8) is 0 Å². The van der Waals surface area contributed by atoms with Gasteiger partial charge in [-0.3, -0.25) is 4.79 Å². The largest absolute Gasteiger partial charge is 0.489 e.